The zero-order valence-electron chi connectivity index (χ0n) is 10.1. The molecule has 0 aromatic heterocycles. The number of hydrogen-bond acceptors (Lipinski definition) is 2. The molecule has 1 atom stereocenters. The van der Waals surface area contributed by atoms with Crippen LogP contribution in [0.2, 0.25) is 0 Å². The van der Waals surface area contributed by atoms with E-state index in [-0.39, 0.29) is 0 Å². The number of ether oxygens (including phenoxy) is 1. The quantitative estimate of drug-likeness (QED) is 0.687. The highest BCUT2D eigenvalue weighted by atomic mass is 16.5. The van der Waals surface area contributed by atoms with E-state index in [2.05, 4.69) is 11.4 Å². The van der Waals surface area contributed by atoms with Crippen LogP contribution >= 0.6 is 0 Å². The Morgan fingerprint density at radius 2 is 1.88 bits per heavy atom. The van der Waals surface area contributed by atoms with Crippen molar-refractivity contribution in [2.75, 3.05) is 13.1 Å². The van der Waals surface area contributed by atoms with Crippen LogP contribution in [0.15, 0.2) is 11.6 Å². The SMILES string of the molecule is C(=C1CCNCC1)C1CCC2(CCCC2)O1. The molecular formula is C14H23NO. The Morgan fingerprint density at radius 3 is 2.62 bits per heavy atom. The highest BCUT2D eigenvalue weighted by Crippen LogP contribution is 2.43. The van der Waals surface area contributed by atoms with Crippen molar-refractivity contribution in [1.29, 1.82) is 0 Å². The van der Waals surface area contributed by atoms with Gasteiger partial charge in [0.2, 0.25) is 0 Å². The first-order chi connectivity index (χ1) is 7.86. The van der Waals surface area contributed by atoms with Crippen LogP contribution in [-0.2, 0) is 4.74 Å². The van der Waals surface area contributed by atoms with Gasteiger partial charge < -0.3 is 10.1 Å². The van der Waals surface area contributed by atoms with Gasteiger partial charge in [0.25, 0.3) is 0 Å². The molecule has 2 saturated heterocycles. The predicted molar refractivity (Wildman–Crippen MR) is 65.5 cm³/mol. The molecule has 1 saturated carbocycles. The molecule has 0 amide bonds. The molecular weight excluding hydrogens is 198 g/mol. The molecule has 1 unspecified atom stereocenters. The average molecular weight is 221 g/mol. The number of piperidine rings is 1. The lowest BCUT2D eigenvalue weighted by Crippen LogP contribution is -2.25. The van der Waals surface area contributed by atoms with Gasteiger partial charge in [0.15, 0.2) is 0 Å². The lowest BCUT2D eigenvalue weighted by Gasteiger charge is -2.23. The molecule has 3 fully saturated rings. The van der Waals surface area contributed by atoms with E-state index in [1.807, 2.05) is 0 Å². The van der Waals surface area contributed by atoms with E-state index in [1.165, 1.54) is 51.4 Å². The van der Waals surface area contributed by atoms with Gasteiger partial charge in [-0.3, -0.25) is 0 Å². The smallest absolute Gasteiger partial charge is 0.0767 e. The van der Waals surface area contributed by atoms with Gasteiger partial charge in [-0.25, -0.2) is 0 Å². The summed E-state index contributed by atoms with van der Waals surface area (Å²) in [4.78, 5) is 0. The summed E-state index contributed by atoms with van der Waals surface area (Å²) in [5.41, 5.74) is 1.92. The monoisotopic (exact) mass is 221 g/mol. The molecule has 0 radical (unpaired) electrons. The van der Waals surface area contributed by atoms with Gasteiger partial charge in [-0.1, -0.05) is 24.5 Å². The summed E-state index contributed by atoms with van der Waals surface area (Å²) in [5.74, 6) is 0. The third-order valence-electron chi connectivity index (χ3n) is 4.47. The van der Waals surface area contributed by atoms with Crippen LogP contribution in [0.25, 0.3) is 0 Å². The lowest BCUT2D eigenvalue weighted by atomic mass is 9.97. The first kappa shape index (κ1) is 10.8. The maximum Gasteiger partial charge on any atom is 0.0767 e. The van der Waals surface area contributed by atoms with Crippen LogP contribution in [0.3, 0.4) is 0 Å². The molecule has 1 aliphatic carbocycles. The molecule has 2 heteroatoms. The minimum absolute atomic E-state index is 0.300. The minimum atomic E-state index is 0.300. The van der Waals surface area contributed by atoms with Gasteiger partial charge >= 0.3 is 0 Å². The molecule has 3 aliphatic rings. The summed E-state index contributed by atoms with van der Waals surface area (Å²) >= 11 is 0. The van der Waals surface area contributed by atoms with E-state index in [0.29, 0.717) is 11.7 Å². The maximum atomic E-state index is 6.32. The second-order valence-corrected chi connectivity index (χ2v) is 5.66. The number of rotatable bonds is 1. The van der Waals surface area contributed by atoms with E-state index >= 15 is 0 Å². The van der Waals surface area contributed by atoms with Gasteiger partial charge in [0, 0.05) is 0 Å². The van der Waals surface area contributed by atoms with E-state index in [4.69, 9.17) is 4.74 Å². The molecule has 0 aromatic carbocycles. The summed E-state index contributed by atoms with van der Waals surface area (Å²) in [7, 11) is 0. The Morgan fingerprint density at radius 1 is 1.12 bits per heavy atom. The molecule has 2 heterocycles. The predicted octanol–water partition coefficient (Wildman–Crippen LogP) is 2.79. The zero-order valence-corrected chi connectivity index (χ0v) is 10.1. The summed E-state index contributed by atoms with van der Waals surface area (Å²) in [6.07, 6.45) is 13.3. The highest BCUT2D eigenvalue weighted by molar-refractivity contribution is 5.11. The molecule has 2 nitrogen and oxygen atoms in total. The van der Waals surface area contributed by atoms with Crippen LogP contribution in [0.4, 0.5) is 0 Å². The third kappa shape index (κ3) is 2.18. The van der Waals surface area contributed by atoms with Crippen LogP contribution in [0.1, 0.15) is 51.4 Å². The normalized spacial score (nSPS) is 33.5. The van der Waals surface area contributed by atoms with E-state index in [0.717, 1.165) is 13.1 Å². The zero-order chi connectivity index (χ0) is 10.8. The van der Waals surface area contributed by atoms with Crippen LogP contribution in [0.5, 0.6) is 0 Å². The number of hydrogen-bond donors (Lipinski definition) is 1. The summed E-state index contributed by atoms with van der Waals surface area (Å²) in [6.45, 7) is 2.31. The molecule has 16 heavy (non-hydrogen) atoms. The fraction of sp³-hybridized carbons (Fsp3) is 0.857. The van der Waals surface area contributed by atoms with Crippen molar-refractivity contribution in [2.24, 2.45) is 0 Å². The molecule has 1 spiro atoms. The fourth-order valence-electron chi connectivity index (χ4n) is 3.53. The van der Waals surface area contributed by atoms with Crippen LogP contribution in [-0.4, -0.2) is 24.8 Å². The van der Waals surface area contributed by atoms with Gasteiger partial charge in [0.1, 0.15) is 0 Å². The summed E-state index contributed by atoms with van der Waals surface area (Å²) < 4.78 is 6.32. The molecule has 0 aromatic rings. The van der Waals surface area contributed by atoms with Crippen molar-refractivity contribution in [2.45, 2.75) is 63.1 Å². The molecule has 2 aliphatic heterocycles. The first-order valence-electron chi connectivity index (χ1n) is 6.94. The highest BCUT2D eigenvalue weighted by Gasteiger charge is 2.41. The fourth-order valence-corrected chi connectivity index (χ4v) is 3.53. The van der Waals surface area contributed by atoms with Gasteiger partial charge in [-0.15, -0.1) is 0 Å². The Bertz CT molecular complexity index is 270. The molecule has 3 rings (SSSR count). The maximum absolute atomic E-state index is 6.32. The van der Waals surface area contributed by atoms with Crippen molar-refractivity contribution in [3.63, 3.8) is 0 Å². The van der Waals surface area contributed by atoms with Crippen molar-refractivity contribution >= 4 is 0 Å². The van der Waals surface area contributed by atoms with Crippen LogP contribution < -0.4 is 5.32 Å². The third-order valence-corrected chi connectivity index (χ3v) is 4.47. The van der Waals surface area contributed by atoms with Crippen molar-refractivity contribution in [3.8, 4) is 0 Å². The number of nitrogens with one attached hydrogen (secondary N) is 1. The second-order valence-electron chi connectivity index (χ2n) is 5.66. The Kier molecular flexibility index (Phi) is 3.03. The average Bonchev–Trinajstić information content (AvgIpc) is 2.92. The minimum Gasteiger partial charge on any atom is -0.368 e. The van der Waals surface area contributed by atoms with Crippen molar-refractivity contribution in [3.05, 3.63) is 11.6 Å². The van der Waals surface area contributed by atoms with Gasteiger partial charge in [-0.2, -0.15) is 0 Å². The van der Waals surface area contributed by atoms with E-state index < -0.39 is 0 Å². The van der Waals surface area contributed by atoms with Gasteiger partial charge in [0.05, 0.1) is 11.7 Å². The van der Waals surface area contributed by atoms with E-state index in [1.54, 1.807) is 5.57 Å². The lowest BCUT2D eigenvalue weighted by molar-refractivity contribution is -0.0182. The topological polar surface area (TPSA) is 21.3 Å². The first-order valence-corrected chi connectivity index (χ1v) is 6.94. The van der Waals surface area contributed by atoms with Gasteiger partial charge in [-0.05, 0) is 51.6 Å². The molecule has 1 N–H and O–H groups in total. The standard InChI is InChI=1S/C14H23NO/c1-2-7-14(6-1)8-3-13(16-14)11-12-4-9-15-10-5-12/h11,13,15H,1-10H2. The molecule has 90 valence electrons. The summed E-state index contributed by atoms with van der Waals surface area (Å²) in [5, 5.41) is 3.41. The van der Waals surface area contributed by atoms with Crippen LogP contribution in [0, 0.1) is 0 Å². The molecule has 0 bridgehead atoms. The van der Waals surface area contributed by atoms with Crippen molar-refractivity contribution < 1.29 is 4.74 Å². The Labute approximate surface area is 98.4 Å². The Balaban J connectivity index is 1.60. The van der Waals surface area contributed by atoms with Crippen molar-refractivity contribution in [1.82, 2.24) is 5.32 Å². The largest absolute Gasteiger partial charge is 0.368 e. The summed E-state index contributed by atoms with van der Waals surface area (Å²) in [6, 6.07) is 0. The second kappa shape index (κ2) is 4.50. The van der Waals surface area contributed by atoms with E-state index in [9.17, 15) is 0 Å². The Hall–Kier alpha value is -0.340.